The van der Waals surface area contributed by atoms with Crippen LogP contribution in [0.1, 0.15) is 98.8 Å². The van der Waals surface area contributed by atoms with Crippen molar-refractivity contribution < 1.29 is 21.4 Å². The molecule has 0 rings (SSSR count). The maximum absolute atomic E-state index is 12.5. The number of sulfonamides is 1. The molecule has 0 aromatic rings. The topological polar surface area (TPSA) is 101 Å². The summed E-state index contributed by atoms with van der Waals surface area (Å²) in [7, 11) is -8.42. The van der Waals surface area contributed by atoms with Gasteiger partial charge in [0.1, 0.15) is 9.49 Å². The highest BCUT2D eigenvalue weighted by molar-refractivity contribution is 7.93. The second kappa shape index (κ2) is 11.0. The van der Waals surface area contributed by atoms with Crippen molar-refractivity contribution >= 4 is 20.1 Å². The minimum Gasteiger partial charge on any atom is -0.285 e. The normalized spacial score (nSPS) is 13.9. The highest BCUT2D eigenvalue weighted by Gasteiger charge is 2.54. The Labute approximate surface area is 161 Å². The summed E-state index contributed by atoms with van der Waals surface area (Å²) in [5, 5.41) is 0. The van der Waals surface area contributed by atoms with Gasteiger partial charge in [0, 0.05) is 6.54 Å². The van der Waals surface area contributed by atoms with E-state index >= 15 is 0 Å². The molecule has 0 aliphatic heterocycles. The van der Waals surface area contributed by atoms with Gasteiger partial charge in [0.25, 0.3) is 10.1 Å². The molecule has 0 unspecified atom stereocenters. The molecule has 0 saturated heterocycles. The average molecular weight is 414 g/mol. The van der Waals surface area contributed by atoms with Gasteiger partial charge in [-0.25, -0.2) is 13.1 Å². The zero-order valence-corrected chi connectivity index (χ0v) is 18.8. The van der Waals surface area contributed by atoms with Gasteiger partial charge in [-0.2, -0.15) is 8.42 Å². The van der Waals surface area contributed by atoms with Gasteiger partial charge in [-0.05, 0) is 34.1 Å². The van der Waals surface area contributed by atoms with E-state index in [1.54, 1.807) is 0 Å². The van der Waals surface area contributed by atoms with Crippen LogP contribution in [-0.4, -0.2) is 37.4 Å². The Morgan fingerprint density at radius 2 is 1.08 bits per heavy atom. The minimum absolute atomic E-state index is 0.282. The first-order valence-electron chi connectivity index (χ1n) is 9.77. The molecule has 6 nitrogen and oxygen atoms in total. The van der Waals surface area contributed by atoms with E-state index in [0.717, 1.165) is 19.3 Å². The molecule has 2 N–H and O–H groups in total. The number of nitrogens with one attached hydrogen (secondary N) is 1. The molecule has 8 heteroatoms. The first-order chi connectivity index (χ1) is 11.8. The van der Waals surface area contributed by atoms with Gasteiger partial charge in [-0.15, -0.1) is 0 Å². The SMILES string of the molecule is CCCCCCCCCCCCNS(=O)(=O)C(C)(C)C(C)(C)S(=O)(=O)O. The number of rotatable bonds is 15. The first kappa shape index (κ1) is 25.8. The summed E-state index contributed by atoms with van der Waals surface area (Å²) in [6.07, 6.45) is 11.6. The van der Waals surface area contributed by atoms with E-state index in [-0.39, 0.29) is 6.54 Å². The molecule has 0 atom stereocenters. The molecule has 0 saturated carbocycles. The Morgan fingerprint density at radius 1 is 0.692 bits per heavy atom. The van der Waals surface area contributed by atoms with Crippen molar-refractivity contribution in [3.05, 3.63) is 0 Å². The second-order valence-electron chi connectivity index (χ2n) is 8.08. The van der Waals surface area contributed by atoms with Gasteiger partial charge in [-0.1, -0.05) is 64.7 Å². The fourth-order valence-electron chi connectivity index (χ4n) is 2.63. The largest absolute Gasteiger partial charge is 0.285 e. The zero-order valence-electron chi connectivity index (χ0n) is 17.2. The van der Waals surface area contributed by atoms with Gasteiger partial charge in [0.2, 0.25) is 10.0 Å². The van der Waals surface area contributed by atoms with E-state index in [4.69, 9.17) is 0 Å². The van der Waals surface area contributed by atoms with E-state index < -0.39 is 29.6 Å². The van der Waals surface area contributed by atoms with Crippen LogP contribution in [0, 0.1) is 0 Å². The summed E-state index contributed by atoms with van der Waals surface area (Å²) in [5.74, 6) is 0. The lowest BCUT2D eigenvalue weighted by molar-refractivity contribution is 0.394. The number of hydrogen-bond donors (Lipinski definition) is 2. The fourth-order valence-corrected chi connectivity index (χ4v) is 5.32. The van der Waals surface area contributed by atoms with Gasteiger partial charge in [0.15, 0.2) is 0 Å². The summed E-state index contributed by atoms with van der Waals surface area (Å²) < 4.78 is 56.6. The summed E-state index contributed by atoms with van der Waals surface area (Å²) in [6, 6.07) is 0. The molecule has 0 aliphatic carbocycles. The molecule has 0 spiro atoms. The fraction of sp³-hybridized carbons (Fsp3) is 1.00. The molecule has 0 aromatic carbocycles. The molecule has 0 aromatic heterocycles. The van der Waals surface area contributed by atoms with Crippen LogP contribution < -0.4 is 4.72 Å². The van der Waals surface area contributed by atoms with E-state index in [2.05, 4.69) is 11.6 Å². The first-order valence-corrected chi connectivity index (χ1v) is 12.7. The van der Waals surface area contributed by atoms with Crippen molar-refractivity contribution in [1.29, 1.82) is 0 Å². The van der Waals surface area contributed by atoms with Crippen molar-refractivity contribution in [2.45, 2.75) is 108 Å². The van der Waals surface area contributed by atoms with Crippen LogP contribution in [0.3, 0.4) is 0 Å². The van der Waals surface area contributed by atoms with Crippen LogP contribution in [0.15, 0.2) is 0 Å². The third-order valence-corrected chi connectivity index (χ3v) is 9.96. The minimum atomic E-state index is -4.52. The van der Waals surface area contributed by atoms with E-state index in [9.17, 15) is 21.4 Å². The Morgan fingerprint density at radius 3 is 1.46 bits per heavy atom. The molecule has 0 heterocycles. The highest BCUT2D eigenvalue weighted by Crippen LogP contribution is 2.35. The summed E-state index contributed by atoms with van der Waals surface area (Å²) in [4.78, 5) is 0. The maximum atomic E-state index is 12.5. The van der Waals surface area contributed by atoms with Crippen LogP contribution >= 0.6 is 0 Å². The quantitative estimate of drug-likeness (QED) is 0.308. The predicted octanol–water partition coefficient (Wildman–Crippen LogP) is 4.27. The van der Waals surface area contributed by atoms with Gasteiger partial charge in [-0.3, -0.25) is 4.55 Å². The van der Waals surface area contributed by atoms with Crippen LogP contribution in [0.5, 0.6) is 0 Å². The Kier molecular flexibility index (Phi) is 10.9. The van der Waals surface area contributed by atoms with Gasteiger partial charge in [0.05, 0.1) is 0 Å². The average Bonchev–Trinajstić information content (AvgIpc) is 2.51. The van der Waals surface area contributed by atoms with Crippen LogP contribution in [0.4, 0.5) is 0 Å². The zero-order chi connectivity index (χ0) is 20.5. The molecule has 0 fully saturated rings. The number of hydrogen-bond acceptors (Lipinski definition) is 4. The predicted molar refractivity (Wildman–Crippen MR) is 108 cm³/mol. The lowest BCUT2D eigenvalue weighted by Crippen LogP contribution is -2.59. The molecule has 158 valence electrons. The third kappa shape index (κ3) is 7.44. The van der Waals surface area contributed by atoms with E-state index in [1.807, 2.05) is 0 Å². The molecule has 0 radical (unpaired) electrons. The third-order valence-electron chi connectivity index (χ3n) is 5.59. The summed E-state index contributed by atoms with van der Waals surface area (Å²) >= 11 is 0. The summed E-state index contributed by atoms with van der Waals surface area (Å²) in [6.45, 7) is 7.58. The Hall–Kier alpha value is -0.180. The van der Waals surface area contributed by atoms with Crippen molar-refractivity contribution in [1.82, 2.24) is 4.72 Å². The van der Waals surface area contributed by atoms with Crippen LogP contribution in [0.25, 0.3) is 0 Å². The van der Waals surface area contributed by atoms with E-state index in [1.165, 1.54) is 72.6 Å². The highest BCUT2D eigenvalue weighted by atomic mass is 32.2. The molecule has 0 aliphatic rings. The lowest BCUT2D eigenvalue weighted by atomic mass is 9.98. The molecule has 0 bridgehead atoms. The second-order valence-corrected chi connectivity index (χ2v) is 12.4. The number of unbranched alkanes of at least 4 members (excludes halogenated alkanes) is 9. The Bertz CT molecular complexity index is 595. The molecular weight excluding hydrogens is 374 g/mol. The van der Waals surface area contributed by atoms with Crippen molar-refractivity contribution in [2.75, 3.05) is 6.54 Å². The Balaban J connectivity index is 4.19. The van der Waals surface area contributed by atoms with E-state index in [0.29, 0.717) is 0 Å². The smallest absolute Gasteiger partial charge is 0.271 e. The maximum Gasteiger partial charge on any atom is 0.271 e. The molecular formula is C18H39NO5S2. The monoisotopic (exact) mass is 413 g/mol. The van der Waals surface area contributed by atoms with Crippen LogP contribution in [0.2, 0.25) is 0 Å². The molecule has 0 amide bonds. The van der Waals surface area contributed by atoms with Crippen molar-refractivity contribution in [2.24, 2.45) is 0 Å². The van der Waals surface area contributed by atoms with Gasteiger partial charge >= 0.3 is 0 Å². The van der Waals surface area contributed by atoms with Crippen molar-refractivity contribution in [3.63, 3.8) is 0 Å². The standard InChI is InChI=1S/C18H39NO5S2/c1-6-7-8-9-10-11-12-13-14-15-16-19-25(20,21)17(2,3)18(4,5)26(22,23)24/h19H,6-16H2,1-5H3,(H,22,23,24). The van der Waals surface area contributed by atoms with Crippen molar-refractivity contribution in [3.8, 4) is 0 Å². The van der Waals surface area contributed by atoms with Crippen LogP contribution in [-0.2, 0) is 20.1 Å². The summed E-state index contributed by atoms with van der Waals surface area (Å²) in [5.41, 5.74) is 0. The lowest BCUT2D eigenvalue weighted by Gasteiger charge is -2.37. The molecule has 26 heavy (non-hydrogen) atoms. The van der Waals surface area contributed by atoms with Gasteiger partial charge < -0.3 is 0 Å².